The van der Waals surface area contributed by atoms with E-state index in [1.54, 1.807) is 18.4 Å². The lowest BCUT2D eigenvalue weighted by Gasteiger charge is -2.43. The Morgan fingerprint density at radius 3 is 2.61 bits per heavy atom. The molecule has 1 amide bonds. The molecule has 1 aliphatic carbocycles. The van der Waals surface area contributed by atoms with Crippen LogP contribution in [-0.2, 0) is 11.8 Å². The third kappa shape index (κ3) is 3.76. The van der Waals surface area contributed by atoms with Crippen LogP contribution in [0.5, 0.6) is 5.75 Å². The average molecular weight is 466 g/mol. The molecule has 1 aliphatic heterocycles. The summed E-state index contributed by atoms with van der Waals surface area (Å²) in [7, 11) is 1.65. The summed E-state index contributed by atoms with van der Waals surface area (Å²) in [5, 5.41) is 1.97. The minimum Gasteiger partial charge on any atom is -0.496 e. The number of Topliss-reactive ketones (excluding diaryl/α,β-unsaturated/α-hetero) is 1. The van der Waals surface area contributed by atoms with Crippen LogP contribution in [0.15, 0.2) is 18.2 Å². The van der Waals surface area contributed by atoms with Gasteiger partial charge in [-0.15, -0.1) is 11.3 Å². The first-order valence-corrected chi connectivity index (χ1v) is 12.4. The maximum absolute atomic E-state index is 13.3. The Labute approximate surface area is 198 Å². The molecule has 7 heteroatoms. The number of likely N-dealkylation sites (tertiary alicyclic amines) is 1. The lowest BCUT2D eigenvalue weighted by Crippen LogP contribution is -2.46. The van der Waals surface area contributed by atoms with Crippen LogP contribution in [0.3, 0.4) is 0 Å². The molecule has 2 aliphatic rings. The Morgan fingerprint density at radius 1 is 1.21 bits per heavy atom. The fourth-order valence-electron chi connectivity index (χ4n) is 5.17. The molecule has 3 aromatic rings. The summed E-state index contributed by atoms with van der Waals surface area (Å²) in [6, 6.07) is 5.83. The van der Waals surface area contributed by atoms with Gasteiger partial charge >= 0.3 is 0 Å². The molecule has 0 bridgehead atoms. The van der Waals surface area contributed by atoms with Gasteiger partial charge in [-0.05, 0) is 49.3 Å². The van der Waals surface area contributed by atoms with Gasteiger partial charge in [-0.1, -0.05) is 26.8 Å². The summed E-state index contributed by atoms with van der Waals surface area (Å²) in [6.45, 7) is 9.78. The number of ketones is 1. The zero-order valence-electron chi connectivity index (χ0n) is 20.0. The number of carbonyl (C=O) groups excluding carboxylic acids is 2. The van der Waals surface area contributed by atoms with E-state index in [9.17, 15) is 9.59 Å². The highest BCUT2D eigenvalue weighted by Gasteiger charge is 2.44. The molecule has 0 saturated carbocycles. The number of aromatic nitrogens is 2. The molecular weight excluding hydrogens is 434 g/mol. The van der Waals surface area contributed by atoms with E-state index in [2.05, 4.69) is 25.8 Å². The number of hydrogen-bond acceptors (Lipinski definition) is 5. The number of aryl methyl sites for hydroxylation is 1. The molecule has 1 spiro atoms. The van der Waals surface area contributed by atoms with Crippen molar-refractivity contribution in [3.05, 3.63) is 45.0 Å². The number of nitrogens with one attached hydrogen (secondary N) is 1. The minimum atomic E-state index is -0.0528. The number of piperidine rings is 1. The number of fused-ring (bicyclic) bond motifs is 2. The number of rotatable bonds is 2. The van der Waals surface area contributed by atoms with Crippen molar-refractivity contribution in [1.29, 1.82) is 0 Å². The Hall–Kier alpha value is -2.67. The SMILES string of the molecule is COc1ccc(C)c2[nH]c(C(=O)N3CCC4(CC3)CC(=O)c3nc(C(C)(C)C)sc3C4)cc12. The molecule has 2 aromatic heterocycles. The van der Waals surface area contributed by atoms with E-state index in [-0.39, 0.29) is 22.5 Å². The third-order valence-electron chi connectivity index (χ3n) is 7.20. The standard InChI is InChI=1S/C26H31N3O3S/c1-15-6-7-19(32-5)16-12-17(27-21(15)16)23(31)29-10-8-26(9-11-29)13-18(30)22-20(14-26)33-24(28-22)25(2,3)4/h6-7,12,27H,8-11,13-14H2,1-5H3. The minimum absolute atomic E-state index is 0.0122. The Kier molecular flexibility index (Phi) is 5.16. The van der Waals surface area contributed by atoms with Crippen LogP contribution in [-0.4, -0.2) is 46.8 Å². The second kappa shape index (κ2) is 7.69. The average Bonchev–Trinajstić information content (AvgIpc) is 3.40. The number of nitrogens with zero attached hydrogens (tertiary/aromatic N) is 2. The smallest absolute Gasteiger partial charge is 0.270 e. The lowest BCUT2D eigenvalue weighted by molar-refractivity contribution is 0.0518. The van der Waals surface area contributed by atoms with Crippen molar-refractivity contribution < 1.29 is 14.3 Å². The zero-order chi connectivity index (χ0) is 23.5. The second-order valence-electron chi connectivity index (χ2n) is 10.7. The van der Waals surface area contributed by atoms with Gasteiger partial charge in [0.1, 0.15) is 17.1 Å². The normalized spacial score (nSPS) is 18.1. The molecule has 1 saturated heterocycles. The van der Waals surface area contributed by atoms with Crippen molar-refractivity contribution in [2.45, 2.75) is 58.8 Å². The van der Waals surface area contributed by atoms with E-state index in [0.29, 0.717) is 30.9 Å². The van der Waals surface area contributed by atoms with Crippen molar-refractivity contribution in [2.75, 3.05) is 20.2 Å². The maximum Gasteiger partial charge on any atom is 0.270 e. The molecule has 174 valence electrons. The van der Waals surface area contributed by atoms with Crippen LogP contribution in [0, 0.1) is 12.3 Å². The number of methoxy groups -OCH3 is 1. The van der Waals surface area contributed by atoms with Crippen molar-refractivity contribution >= 4 is 33.9 Å². The number of ether oxygens (including phenoxy) is 1. The molecule has 3 heterocycles. The maximum atomic E-state index is 13.3. The van der Waals surface area contributed by atoms with Crippen LogP contribution in [0.2, 0.25) is 0 Å². The van der Waals surface area contributed by atoms with Crippen LogP contribution >= 0.6 is 11.3 Å². The van der Waals surface area contributed by atoms with Gasteiger partial charge < -0.3 is 14.6 Å². The molecule has 1 aromatic carbocycles. The van der Waals surface area contributed by atoms with Crippen molar-refractivity contribution in [2.24, 2.45) is 5.41 Å². The number of benzene rings is 1. The molecule has 33 heavy (non-hydrogen) atoms. The summed E-state index contributed by atoms with van der Waals surface area (Å²) in [6.07, 6.45) is 3.12. The predicted molar refractivity (Wildman–Crippen MR) is 131 cm³/mol. The molecule has 1 fully saturated rings. The lowest BCUT2D eigenvalue weighted by atomic mass is 9.68. The van der Waals surface area contributed by atoms with Gasteiger partial charge in [0.25, 0.3) is 5.91 Å². The first kappa shape index (κ1) is 22.1. The van der Waals surface area contributed by atoms with Crippen molar-refractivity contribution in [3.63, 3.8) is 0 Å². The highest BCUT2D eigenvalue weighted by Crippen LogP contribution is 2.46. The quantitative estimate of drug-likeness (QED) is 0.558. The zero-order valence-corrected chi connectivity index (χ0v) is 20.8. The van der Waals surface area contributed by atoms with Gasteiger partial charge in [0.05, 0.1) is 17.6 Å². The molecule has 5 rings (SSSR count). The molecule has 0 radical (unpaired) electrons. The highest BCUT2D eigenvalue weighted by atomic mass is 32.1. The van der Waals surface area contributed by atoms with E-state index in [0.717, 1.165) is 51.4 Å². The molecule has 6 nitrogen and oxygen atoms in total. The van der Waals surface area contributed by atoms with E-state index in [1.165, 1.54) is 0 Å². The summed E-state index contributed by atoms with van der Waals surface area (Å²) < 4.78 is 5.48. The van der Waals surface area contributed by atoms with Crippen molar-refractivity contribution in [3.8, 4) is 5.75 Å². The molecule has 0 unspecified atom stereocenters. The number of hydrogen-bond donors (Lipinski definition) is 1. The fourth-order valence-corrected chi connectivity index (χ4v) is 6.48. The van der Waals surface area contributed by atoms with Gasteiger partial charge in [-0.25, -0.2) is 4.98 Å². The molecular formula is C26H31N3O3S. The van der Waals surface area contributed by atoms with Gasteiger partial charge in [0.15, 0.2) is 5.78 Å². The van der Waals surface area contributed by atoms with E-state index in [4.69, 9.17) is 9.72 Å². The Morgan fingerprint density at radius 2 is 1.94 bits per heavy atom. The van der Waals surface area contributed by atoms with E-state index in [1.807, 2.05) is 30.0 Å². The second-order valence-corrected chi connectivity index (χ2v) is 11.7. The summed E-state index contributed by atoms with van der Waals surface area (Å²) in [5.41, 5.74) is 3.20. The number of thiazole rings is 1. The van der Waals surface area contributed by atoms with Crippen LogP contribution in [0.25, 0.3) is 10.9 Å². The van der Waals surface area contributed by atoms with Crippen LogP contribution in [0.1, 0.15) is 76.5 Å². The topological polar surface area (TPSA) is 75.3 Å². The van der Waals surface area contributed by atoms with Gasteiger partial charge in [0.2, 0.25) is 0 Å². The van der Waals surface area contributed by atoms with Gasteiger partial charge in [-0.3, -0.25) is 9.59 Å². The summed E-state index contributed by atoms with van der Waals surface area (Å²) >= 11 is 1.70. The first-order valence-electron chi connectivity index (χ1n) is 11.6. The monoisotopic (exact) mass is 465 g/mol. The Balaban J connectivity index is 1.34. The Bertz CT molecular complexity index is 1260. The summed E-state index contributed by atoms with van der Waals surface area (Å²) in [5.74, 6) is 0.943. The van der Waals surface area contributed by atoms with Gasteiger partial charge in [0, 0.05) is 35.2 Å². The largest absolute Gasteiger partial charge is 0.496 e. The first-order chi connectivity index (χ1) is 15.6. The predicted octanol–water partition coefficient (Wildman–Crippen LogP) is 5.29. The van der Waals surface area contributed by atoms with E-state index >= 15 is 0 Å². The van der Waals surface area contributed by atoms with Crippen LogP contribution < -0.4 is 4.74 Å². The fraction of sp³-hybridized carbons (Fsp3) is 0.500. The van der Waals surface area contributed by atoms with Crippen molar-refractivity contribution in [1.82, 2.24) is 14.9 Å². The van der Waals surface area contributed by atoms with Crippen LogP contribution in [0.4, 0.5) is 0 Å². The molecule has 1 N–H and O–H groups in total. The number of H-pyrrole nitrogens is 1. The third-order valence-corrected chi connectivity index (χ3v) is 8.68. The number of carbonyl (C=O) groups is 2. The highest BCUT2D eigenvalue weighted by molar-refractivity contribution is 7.12. The summed E-state index contributed by atoms with van der Waals surface area (Å²) in [4.78, 5) is 37.3. The molecule has 0 atom stereocenters. The number of aromatic amines is 1. The van der Waals surface area contributed by atoms with E-state index < -0.39 is 0 Å². The van der Waals surface area contributed by atoms with Gasteiger partial charge in [-0.2, -0.15) is 0 Å². The number of amides is 1.